The van der Waals surface area contributed by atoms with Crippen molar-refractivity contribution in [1.82, 2.24) is 0 Å². The molecule has 0 radical (unpaired) electrons. The van der Waals surface area contributed by atoms with Gasteiger partial charge < -0.3 is 4.42 Å². The minimum absolute atomic E-state index is 0.255. The first-order chi connectivity index (χ1) is 5.38. The fourth-order valence-electron chi connectivity index (χ4n) is 0.696. The second-order valence-corrected chi connectivity index (χ2v) is 1.85. The highest BCUT2D eigenvalue weighted by molar-refractivity contribution is 6.09. The third kappa shape index (κ3) is 1.64. The summed E-state index contributed by atoms with van der Waals surface area (Å²) in [4.78, 5) is 20.3. The van der Waals surface area contributed by atoms with E-state index in [1.807, 2.05) is 0 Å². The molecule has 0 aliphatic carbocycles. The van der Waals surface area contributed by atoms with E-state index in [1.165, 1.54) is 6.26 Å². The van der Waals surface area contributed by atoms with Crippen LogP contribution in [0, 0.1) is 0 Å². The molecule has 1 heterocycles. The van der Waals surface area contributed by atoms with Crippen molar-refractivity contribution >= 4 is 18.1 Å². The first-order valence-electron chi connectivity index (χ1n) is 3.03. The maximum atomic E-state index is 10.3. The van der Waals surface area contributed by atoms with E-state index in [2.05, 4.69) is 0 Å². The molecule has 1 aromatic heterocycles. The highest BCUT2D eigenvalue weighted by Gasteiger charge is 2.00. The van der Waals surface area contributed by atoms with Gasteiger partial charge in [-0.3, -0.25) is 9.59 Å². The Morgan fingerprint density at radius 3 is 2.73 bits per heavy atom. The molecule has 0 aliphatic heterocycles. The fourth-order valence-corrected chi connectivity index (χ4v) is 0.696. The summed E-state index contributed by atoms with van der Waals surface area (Å²) in [5, 5.41) is 0. The molecule has 0 aromatic carbocycles. The van der Waals surface area contributed by atoms with E-state index in [9.17, 15) is 9.59 Å². The minimum Gasteiger partial charge on any atom is -0.464 e. The molecule has 0 saturated carbocycles. The van der Waals surface area contributed by atoms with Crippen LogP contribution < -0.4 is 0 Å². The van der Waals surface area contributed by atoms with Crippen molar-refractivity contribution in [1.29, 1.82) is 0 Å². The summed E-state index contributed by atoms with van der Waals surface area (Å²) in [7, 11) is 0. The molecule has 0 atom stereocenters. The summed E-state index contributed by atoms with van der Waals surface area (Å²) in [6.45, 7) is 0. The summed E-state index contributed by atoms with van der Waals surface area (Å²) >= 11 is 0. The second-order valence-electron chi connectivity index (χ2n) is 1.85. The van der Waals surface area contributed by atoms with Crippen molar-refractivity contribution in [2.24, 2.45) is 0 Å². The van der Waals surface area contributed by atoms with Gasteiger partial charge in [0.25, 0.3) is 0 Å². The Bertz CT molecular complexity index is 270. The van der Waals surface area contributed by atoms with Crippen molar-refractivity contribution in [2.75, 3.05) is 0 Å². The molecule has 11 heavy (non-hydrogen) atoms. The first kappa shape index (κ1) is 7.47. The molecule has 0 aliphatic rings. The zero-order chi connectivity index (χ0) is 8.10. The van der Waals surface area contributed by atoms with E-state index in [-0.39, 0.29) is 5.57 Å². The van der Waals surface area contributed by atoms with E-state index >= 15 is 0 Å². The summed E-state index contributed by atoms with van der Waals surface area (Å²) in [5.74, 6) is 0.409. The van der Waals surface area contributed by atoms with Gasteiger partial charge in [-0.05, 0) is 18.2 Å². The smallest absolute Gasteiger partial charge is 0.153 e. The lowest BCUT2D eigenvalue weighted by Crippen LogP contribution is -1.82. The summed E-state index contributed by atoms with van der Waals surface area (Å²) in [6.07, 6.45) is 3.72. The Balaban J connectivity index is 2.97. The number of carbonyl (C=O) groups excluding carboxylic acids is 2. The third-order valence-electron chi connectivity index (χ3n) is 1.18. The molecule has 56 valence electrons. The van der Waals surface area contributed by atoms with Crippen molar-refractivity contribution < 1.29 is 14.0 Å². The summed E-state index contributed by atoms with van der Waals surface area (Å²) in [6, 6.07) is 3.27. The molecule has 1 rings (SSSR count). The minimum atomic E-state index is 0.255. The third-order valence-corrected chi connectivity index (χ3v) is 1.18. The van der Waals surface area contributed by atoms with Crippen LogP contribution in [0.15, 0.2) is 28.9 Å². The Kier molecular flexibility index (Phi) is 2.38. The largest absolute Gasteiger partial charge is 0.464 e. The molecular formula is C8H6O3. The highest BCUT2D eigenvalue weighted by Crippen LogP contribution is 2.10. The zero-order valence-electron chi connectivity index (χ0n) is 5.69. The number of aldehydes is 2. The number of carbonyl (C=O) groups is 2. The van der Waals surface area contributed by atoms with Crippen LogP contribution in [0.4, 0.5) is 0 Å². The van der Waals surface area contributed by atoms with Crippen LogP contribution in [0.2, 0.25) is 0 Å². The Labute approximate surface area is 63.3 Å². The number of furan rings is 1. The van der Waals surface area contributed by atoms with E-state index in [0.29, 0.717) is 18.3 Å². The molecule has 0 N–H and O–H groups in total. The van der Waals surface area contributed by atoms with Crippen molar-refractivity contribution in [2.45, 2.75) is 0 Å². The van der Waals surface area contributed by atoms with Crippen molar-refractivity contribution in [3.05, 3.63) is 30.2 Å². The molecule has 0 saturated heterocycles. The van der Waals surface area contributed by atoms with Crippen molar-refractivity contribution in [3.8, 4) is 0 Å². The van der Waals surface area contributed by atoms with E-state index in [4.69, 9.17) is 4.42 Å². The predicted molar refractivity (Wildman–Crippen MR) is 38.8 cm³/mol. The lowest BCUT2D eigenvalue weighted by atomic mass is 10.2. The molecule has 0 bridgehead atoms. The maximum absolute atomic E-state index is 10.3. The van der Waals surface area contributed by atoms with Gasteiger partial charge in [0, 0.05) is 0 Å². The lowest BCUT2D eigenvalue weighted by Gasteiger charge is -1.88. The molecule has 0 unspecified atom stereocenters. The van der Waals surface area contributed by atoms with Gasteiger partial charge in [0.1, 0.15) is 12.0 Å². The van der Waals surface area contributed by atoms with Gasteiger partial charge in [-0.15, -0.1) is 0 Å². The Hall–Kier alpha value is -1.64. The van der Waals surface area contributed by atoms with E-state index in [1.54, 1.807) is 12.1 Å². The second kappa shape index (κ2) is 3.51. The average Bonchev–Trinajstić information content (AvgIpc) is 2.52. The fraction of sp³-hybridized carbons (Fsp3) is 0. The summed E-state index contributed by atoms with van der Waals surface area (Å²) < 4.78 is 4.88. The normalized spacial score (nSPS) is 11.1. The first-order valence-corrected chi connectivity index (χ1v) is 3.03. The van der Waals surface area contributed by atoms with Gasteiger partial charge in [0.2, 0.25) is 0 Å². The van der Waals surface area contributed by atoms with E-state index < -0.39 is 0 Å². The molecule has 0 spiro atoms. The van der Waals surface area contributed by atoms with Crippen LogP contribution in [0.25, 0.3) is 5.57 Å². The SMILES string of the molecule is O=C/C=C(\C=O)c1ccco1. The van der Waals surface area contributed by atoms with Gasteiger partial charge in [-0.25, -0.2) is 0 Å². The van der Waals surface area contributed by atoms with E-state index in [0.717, 1.165) is 6.08 Å². The van der Waals surface area contributed by atoms with Gasteiger partial charge in [-0.2, -0.15) is 0 Å². The van der Waals surface area contributed by atoms with Gasteiger partial charge >= 0.3 is 0 Å². The van der Waals surface area contributed by atoms with Crippen LogP contribution in [-0.2, 0) is 9.59 Å². The topological polar surface area (TPSA) is 47.3 Å². The van der Waals surface area contributed by atoms with Gasteiger partial charge in [0.05, 0.1) is 11.8 Å². The monoisotopic (exact) mass is 150 g/mol. The Morgan fingerprint density at radius 1 is 1.45 bits per heavy atom. The molecular weight excluding hydrogens is 144 g/mol. The molecule has 3 nitrogen and oxygen atoms in total. The van der Waals surface area contributed by atoms with Crippen molar-refractivity contribution in [3.63, 3.8) is 0 Å². The number of hydrogen-bond acceptors (Lipinski definition) is 3. The van der Waals surface area contributed by atoms with Gasteiger partial charge in [0.15, 0.2) is 6.29 Å². The molecule has 3 heteroatoms. The van der Waals surface area contributed by atoms with Crippen LogP contribution in [0.3, 0.4) is 0 Å². The van der Waals surface area contributed by atoms with Crippen LogP contribution >= 0.6 is 0 Å². The number of rotatable bonds is 3. The quantitative estimate of drug-likeness (QED) is 0.478. The maximum Gasteiger partial charge on any atom is 0.153 e. The van der Waals surface area contributed by atoms with Crippen LogP contribution in [-0.4, -0.2) is 12.6 Å². The average molecular weight is 150 g/mol. The molecule has 0 amide bonds. The number of hydrogen-bond donors (Lipinski definition) is 0. The van der Waals surface area contributed by atoms with Crippen LogP contribution in [0.5, 0.6) is 0 Å². The predicted octanol–water partition coefficient (Wildman–Crippen LogP) is 1.06. The molecule has 1 aromatic rings. The van der Waals surface area contributed by atoms with Crippen LogP contribution in [0.1, 0.15) is 5.76 Å². The number of allylic oxidation sites excluding steroid dienone is 2. The lowest BCUT2D eigenvalue weighted by molar-refractivity contribution is -0.105. The summed E-state index contributed by atoms with van der Waals surface area (Å²) in [5.41, 5.74) is 0.255. The standard InChI is InChI=1S/C8H6O3/c9-4-3-7(6-10)8-2-1-5-11-8/h1-6H/b7-3+. The Morgan fingerprint density at radius 2 is 2.27 bits per heavy atom. The highest BCUT2D eigenvalue weighted by atomic mass is 16.3. The molecule has 0 fully saturated rings. The van der Waals surface area contributed by atoms with Gasteiger partial charge in [-0.1, -0.05) is 0 Å². The zero-order valence-corrected chi connectivity index (χ0v) is 5.69.